The molecule has 1 amide bonds. The van der Waals surface area contributed by atoms with Crippen LogP contribution in [0.15, 0.2) is 36.9 Å². The van der Waals surface area contributed by atoms with Crippen LogP contribution in [0, 0.1) is 0 Å². The van der Waals surface area contributed by atoms with Crippen molar-refractivity contribution >= 4 is 17.4 Å². The number of alkyl halides is 1. The summed E-state index contributed by atoms with van der Waals surface area (Å²) in [6.45, 7) is 2.16. The van der Waals surface area contributed by atoms with E-state index >= 15 is 0 Å². The number of carbonyl (C=O) groups is 1. The van der Waals surface area contributed by atoms with Crippen LogP contribution in [-0.2, 0) is 13.1 Å². The minimum Gasteiger partial charge on any atom is -0.357 e. The lowest BCUT2D eigenvalue weighted by Gasteiger charge is -2.16. The monoisotopic (exact) mass is 381 g/mol. The molecule has 0 N–H and O–H groups in total. The number of pyridine rings is 1. The highest BCUT2D eigenvalue weighted by atomic mass is 19.1. The van der Waals surface area contributed by atoms with Gasteiger partial charge in [-0.05, 0) is 25.0 Å². The van der Waals surface area contributed by atoms with Gasteiger partial charge < -0.3 is 4.90 Å². The van der Waals surface area contributed by atoms with E-state index in [1.165, 1.54) is 17.5 Å². The van der Waals surface area contributed by atoms with E-state index in [1.54, 1.807) is 34.4 Å². The molecule has 0 saturated carbocycles. The third-order valence-corrected chi connectivity index (χ3v) is 5.25. The number of hydrogen-bond acceptors (Lipinski definition) is 5. The topological polar surface area (TPSA) is 72.1 Å². The Morgan fingerprint density at radius 1 is 1.07 bits per heavy atom. The number of rotatable bonds is 5. The Hall–Kier alpha value is -3.23. The molecule has 9 heteroatoms. The minimum atomic E-state index is -0.494. The van der Waals surface area contributed by atoms with Crippen molar-refractivity contribution in [3.05, 3.63) is 48.2 Å². The van der Waals surface area contributed by atoms with E-state index in [9.17, 15) is 9.18 Å². The van der Waals surface area contributed by atoms with Crippen molar-refractivity contribution in [2.45, 2.75) is 25.9 Å². The Bertz CT molecular complexity index is 1000. The molecule has 0 atom stereocenters. The highest BCUT2D eigenvalue weighted by Crippen LogP contribution is 2.28. The van der Waals surface area contributed by atoms with Crippen LogP contribution in [0.25, 0.3) is 5.69 Å². The number of anilines is 2. The number of nitrogens with zero attached hydrogens (tertiary/aromatic N) is 7. The molecular weight excluding hydrogens is 361 g/mol. The molecule has 0 spiro atoms. The molecule has 28 heavy (non-hydrogen) atoms. The van der Waals surface area contributed by atoms with E-state index in [-0.39, 0.29) is 12.5 Å². The second-order valence-electron chi connectivity index (χ2n) is 7.04. The summed E-state index contributed by atoms with van der Waals surface area (Å²) in [7, 11) is 0. The summed E-state index contributed by atoms with van der Waals surface area (Å²) < 4.78 is 15.7. The van der Waals surface area contributed by atoms with Crippen LogP contribution in [0.2, 0.25) is 0 Å². The van der Waals surface area contributed by atoms with Gasteiger partial charge in [-0.2, -0.15) is 10.2 Å². The van der Waals surface area contributed by atoms with Crippen molar-refractivity contribution in [3.63, 3.8) is 0 Å². The van der Waals surface area contributed by atoms with E-state index < -0.39 is 6.67 Å². The van der Waals surface area contributed by atoms with E-state index in [1.807, 2.05) is 12.1 Å². The first-order valence-corrected chi connectivity index (χ1v) is 9.43. The minimum absolute atomic E-state index is 0.123. The lowest BCUT2D eigenvalue weighted by molar-refractivity contribution is 0.0996. The maximum Gasteiger partial charge on any atom is 0.262 e. The van der Waals surface area contributed by atoms with Crippen LogP contribution in [0.3, 0.4) is 0 Å². The number of carbonyl (C=O) groups excluding carboxylic acids is 1. The SMILES string of the molecule is O=C1c2cn(-c3ccc(N4CCCC4)nc3)nc2CN1c1cnn(CCF)c1. The van der Waals surface area contributed by atoms with Gasteiger partial charge in [0.15, 0.2) is 0 Å². The van der Waals surface area contributed by atoms with Crippen molar-refractivity contribution in [2.75, 3.05) is 29.6 Å². The van der Waals surface area contributed by atoms with Gasteiger partial charge in [0.1, 0.15) is 12.5 Å². The number of fused-ring (bicyclic) bond motifs is 1. The molecule has 0 radical (unpaired) electrons. The van der Waals surface area contributed by atoms with Crippen LogP contribution < -0.4 is 9.80 Å². The van der Waals surface area contributed by atoms with Crippen molar-refractivity contribution in [1.29, 1.82) is 0 Å². The third-order valence-electron chi connectivity index (χ3n) is 5.25. The van der Waals surface area contributed by atoms with Crippen molar-refractivity contribution in [3.8, 4) is 5.69 Å². The van der Waals surface area contributed by atoms with E-state index in [0.29, 0.717) is 23.5 Å². The average molecular weight is 381 g/mol. The number of aryl methyl sites for hydroxylation is 1. The van der Waals surface area contributed by atoms with Crippen molar-refractivity contribution < 1.29 is 9.18 Å². The fourth-order valence-corrected chi connectivity index (χ4v) is 3.76. The van der Waals surface area contributed by atoms with E-state index in [4.69, 9.17) is 0 Å². The molecule has 3 aromatic rings. The Morgan fingerprint density at radius 3 is 2.64 bits per heavy atom. The third kappa shape index (κ3) is 2.83. The molecular formula is C19H20FN7O. The predicted molar refractivity (Wildman–Crippen MR) is 102 cm³/mol. The van der Waals surface area contributed by atoms with Crippen LogP contribution in [0.4, 0.5) is 15.9 Å². The highest BCUT2D eigenvalue weighted by Gasteiger charge is 2.32. The van der Waals surface area contributed by atoms with Crippen molar-refractivity contribution in [1.82, 2.24) is 24.5 Å². The molecule has 144 valence electrons. The van der Waals surface area contributed by atoms with Gasteiger partial charge in [-0.1, -0.05) is 0 Å². The molecule has 1 saturated heterocycles. The van der Waals surface area contributed by atoms with Gasteiger partial charge in [0.05, 0.1) is 48.1 Å². The first-order chi connectivity index (χ1) is 13.7. The molecule has 2 aliphatic rings. The van der Waals surface area contributed by atoms with Gasteiger partial charge in [0.25, 0.3) is 5.91 Å². The van der Waals surface area contributed by atoms with Gasteiger partial charge in [-0.3, -0.25) is 14.4 Å². The molecule has 0 bridgehead atoms. The highest BCUT2D eigenvalue weighted by molar-refractivity contribution is 6.09. The Balaban J connectivity index is 1.35. The molecule has 5 rings (SSSR count). The van der Waals surface area contributed by atoms with Gasteiger partial charge in [-0.15, -0.1) is 0 Å². The van der Waals surface area contributed by atoms with Gasteiger partial charge >= 0.3 is 0 Å². The zero-order chi connectivity index (χ0) is 19.1. The number of aromatic nitrogens is 5. The molecule has 0 unspecified atom stereocenters. The molecule has 0 aromatic carbocycles. The van der Waals surface area contributed by atoms with Gasteiger partial charge in [0, 0.05) is 25.5 Å². The van der Waals surface area contributed by atoms with Crippen LogP contribution in [0.5, 0.6) is 0 Å². The molecule has 0 aliphatic carbocycles. The van der Waals surface area contributed by atoms with Gasteiger partial charge in [-0.25, -0.2) is 14.1 Å². The summed E-state index contributed by atoms with van der Waals surface area (Å²) in [6.07, 6.45) is 9.21. The second kappa shape index (κ2) is 6.74. The second-order valence-corrected chi connectivity index (χ2v) is 7.04. The zero-order valence-electron chi connectivity index (χ0n) is 15.3. The Labute approximate surface area is 161 Å². The number of amides is 1. The van der Waals surface area contributed by atoms with Crippen molar-refractivity contribution in [2.24, 2.45) is 0 Å². The van der Waals surface area contributed by atoms with Crippen LogP contribution in [0.1, 0.15) is 28.9 Å². The molecule has 8 nitrogen and oxygen atoms in total. The first kappa shape index (κ1) is 16.9. The Kier molecular flexibility index (Phi) is 4.07. The summed E-state index contributed by atoms with van der Waals surface area (Å²) in [5.74, 6) is 0.858. The fraction of sp³-hybridized carbons (Fsp3) is 0.368. The largest absolute Gasteiger partial charge is 0.357 e. The number of halogens is 1. The maximum atomic E-state index is 12.8. The average Bonchev–Trinajstić information content (AvgIpc) is 3.48. The van der Waals surface area contributed by atoms with Gasteiger partial charge in [0.2, 0.25) is 0 Å². The van der Waals surface area contributed by atoms with E-state index in [2.05, 4.69) is 20.1 Å². The maximum absolute atomic E-state index is 12.8. The molecule has 1 fully saturated rings. The Morgan fingerprint density at radius 2 is 1.93 bits per heavy atom. The molecule has 2 aliphatic heterocycles. The number of hydrogen-bond donors (Lipinski definition) is 0. The van der Waals surface area contributed by atoms with Crippen LogP contribution in [-0.4, -0.2) is 50.2 Å². The zero-order valence-corrected chi connectivity index (χ0v) is 15.3. The molecule has 5 heterocycles. The first-order valence-electron chi connectivity index (χ1n) is 9.43. The smallest absolute Gasteiger partial charge is 0.262 e. The normalized spacial score (nSPS) is 16.2. The van der Waals surface area contributed by atoms with Crippen LogP contribution >= 0.6 is 0 Å². The lowest BCUT2D eigenvalue weighted by atomic mass is 10.3. The van der Waals surface area contributed by atoms with E-state index in [0.717, 1.165) is 24.6 Å². The lowest BCUT2D eigenvalue weighted by Crippen LogP contribution is -2.23. The fourth-order valence-electron chi connectivity index (χ4n) is 3.76. The summed E-state index contributed by atoms with van der Waals surface area (Å²) in [6, 6.07) is 3.98. The summed E-state index contributed by atoms with van der Waals surface area (Å²) >= 11 is 0. The summed E-state index contributed by atoms with van der Waals surface area (Å²) in [5.41, 5.74) is 2.76. The predicted octanol–water partition coefficient (Wildman–Crippen LogP) is 2.19. The molecule has 3 aromatic heterocycles. The summed E-state index contributed by atoms with van der Waals surface area (Å²) in [4.78, 5) is 21.2. The quantitative estimate of drug-likeness (QED) is 0.678. The summed E-state index contributed by atoms with van der Waals surface area (Å²) in [5, 5.41) is 8.65. The standard InChI is InChI=1S/C19H20FN7O/c20-5-8-25-11-15(10-22-25)26-13-17-16(19(26)28)12-27(23-17)14-3-4-18(21-9-14)24-6-1-2-7-24/h3-4,9-12H,1-2,5-8,13H2.